The minimum Gasteiger partial charge on any atom is -0.497 e. The minimum atomic E-state index is -0.0964. The lowest BCUT2D eigenvalue weighted by Crippen LogP contribution is -2.31. The van der Waals surface area contributed by atoms with Crippen LogP contribution in [0.2, 0.25) is 0 Å². The zero-order chi connectivity index (χ0) is 20.4. The van der Waals surface area contributed by atoms with Crippen LogP contribution in [0.5, 0.6) is 5.75 Å². The van der Waals surface area contributed by atoms with Gasteiger partial charge in [-0.1, -0.05) is 19.9 Å². The molecule has 0 fully saturated rings. The molecular formula is C21H31N3O4. The molecule has 1 heterocycles. The molecule has 154 valence electrons. The Labute approximate surface area is 167 Å². The molecule has 0 aliphatic heterocycles. The van der Waals surface area contributed by atoms with Crippen molar-refractivity contribution < 1.29 is 18.7 Å². The number of likely N-dealkylation sites (N-methyl/N-ethyl adjacent to an activating group) is 1. The Kier molecular flexibility index (Phi) is 8.97. The summed E-state index contributed by atoms with van der Waals surface area (Å²) < 4.78 is 16.5. The molecule has 2 rings (SSSR count). The summed E-state index contributed by atoms with van der Waals surface area (Å²) >= 11 is 0. The Bertz CT molecular complexity index is 741. The Morgan fingerprint density at radius 2 is 2.04 bits per heavy atom. The van der Waals surface area contributed by atoms with E-state index in [2.05, 4.69) is 29.0 Å². The first-order valence-electron chi connectivity index (χ1n) is 9.74. The standard InChI is InChI=1S/C21H31N3O4/c1-5-24(6-2)11-13-27-12-10-22-20(25)15-19-16(3)28-21(23-19)17-8-7-9-18(14-17)26-4/h7-9,14H,5-6,10-13,15H2,1-4H3,(H,22,25). The number of carbonyl (C=O) groups excluding carboxylic acids is 1. The van der Waals surface area contributed by atoms with Gasteiger partial charge in [0.1, 0.15) is 11.5 Å². The molecule has 0 atom stereocenters. The van der Waals surface area contributed by atoms with E-state index in [1.54, 1.807) is 7.11 Å². The number of hydrogen-bond acceptors (Lipinski definition) is 6. The predicted molar refractivity (Wildman–Crippen MR) is 109 cm³/mol. The third-order valence-electron chi connectivity index (χ3n) is 4.55. The van der Waals surface area contributed by atoms with Crippen LogP contribution >= 0.6 is 0 Å². The largest absolute Gasteiger partial charge is 0.497 e. The Morgan fingerprint density at radius 1 is 1.25 bits per heavy atom. The van der Waals surface area contributed by atoms with Gasteiger partial charge in [-0.15, -0.1) is 0 Å². The molecule has 1 aromatic carbocycles. The van der Waals surface area contributed by atoms with E-state index in [1.807, 2.05) is 31.2 Å². The third-order valence-corrected chi connectivity index (χ3v) is 4.55. The second-order valence-electron chi connectivity index (χ2n) is 6.42. The number of nitrogens with zero attached hydrogens (tertiary/aromatic N) is 2. The van der Waals surface area contributed by atoms with E-state index in [0.717, 1.165) is 30.9 Å². The summed E-state index contributed by atoms with van der Waals surface area (Å²) in [5.74, 6) is 1.76. The highest BCUT2D eigenvalue weighted by atomic mass is 16.5. The fourth-order valence-electron chi connectivity index (χ4n) is 2.78. The van der Waals surface area contributed by atoms with Gasteiger partial charge in [0.15, 0.2) is 0 Å². The number of rotatable bonds is 12. The lowest BCUT2D eigenvalue weighted by Gasteiger charge is -2.17. The van der Waals surface area contributed by atoms with E-state index < -0.39 is 0 Å². The monoisotopic (exact) mass is 389 g/mol. The predicted octanol–water partition coefficient (Wildman–Crippen LogP) is 2.68. The third kappa shape index (κ3) is 6.65. The average Bonchev–Trinajstić information content (AvgIpc) is 3.08. The molecule has 0 saturated heterocycles. The number of nitrogens with one attached hydrogen (secondary N) is 1. The number of benzene rings is 1. The van der Waals surface area contributed by atoms with Gasteiger partial charge in [-0.3, -0.25) is 4.79 Å². The van der Waals surface area contributed by atoms with Gasteiger partial charge >= 0.3 is 0 Å². The summed E-state index contributed by atoms with van der Waals surface area (Å²) in [6.45, 7) is 10.7. The SMILES string of the molecule is CCN(CC)CCOCCNC(=O)Cc1nc(-c2cccc(OC)c2)oc1C. The van der Waals surface area contributed by atoms with E-state index in [4.69, 9.17) is 13.9 Å². The first-order valence-corrected chi connectivity index (χ1v) is 9.74. The number of ether oxygens (including phenoxy) is 2. The first kappa shape index (κ1) is 21.9. The lowest BCUT2D eigenvalue weighted by molar-refractivity contribution is -0.120. The molecule has 1 aromatic heterocycles. The van der Waals surface area contributed by atoms with E-state index in [9.17, 15) is 4.79 Å². The smallest absolute Gasteiger partial charge is 0.226 e. The zero-order valence-electron chi connectivity index (χ0n) is 17.3. The molecule has 0 aliphatic rings. The first-order chi connectivity index (χ1) is 13.6. The molecule has 0 unspecified atom stereocenters. The van der Waals surface area contributed by atoms with Crippen molar-refractivity contribution in [2.24, 2.45) is 0 Å². The number of aryl methyl sites for hydroxylation is 1. The molecule has 7 heteroatoms. The Hall–Kier alpha value is -2.38. The summed E-state index contributed by atoms with van der Waals surface area (Å²) in [6.07, 6.45) is 0.179. The van der Waals surface area contributed by atoms with Crippen molar-refractivity contribution in [3.05, 3.63) is 35.7 Å². The summed E-state index contributed by atoms with van der Waals surface area (Å²) in [4.78, 5) is 18.9. The number of oxazole rings is 1. The van der Waals surface area contributed by atoms with Gasteiger partial charge in [0.25, 0.3) is 0 Å². The number of aromatic nitrogens is 1. The van der Waals surface area contributed by atoms with Crippen molar-refractivity contribution in [1.82, 2.24) is 15.2 Å². The van der Waals surface area contributed by atoms with Gasteiger partial charge < -0.3 is 24.1 Å². The Balaban J connectivity index is 1.77. The highest BCUT2D eigenvalue weighted by Crippen LogP contribution is 2.25. The summed E-state index contributed by atoms with van der Waals surface area (Å²) in [5.41, 5.74) is 1.45. The van der Waals surface area contributed by atoms with Crippen LogP contribution in [0, 0.1) is 6.92 Å². The van der Waals surface area contributed by atoms with Crippen molar-refractivity contribution in [2.45, 2.75) is 27.2 Å². The van der Waals surface area contributed by atoms with Crippen LogP contribution in [0.15, 0.2) is 28.7 Å². The topological polar surface area (TPSA) is 76.8 Å². The van der Waals surface area contributed by atoms with Crippen LogP contribution in [-0.2, 0) is 16.0 Å². The van der Waals surface area contributed by atoms with E-state index in [1.165, 1.54) is 0 Å². The number of amides is 1. The fraction of sp³-hybridized carbons (Fsp3) is 0.524. The number of carbonyl (C=O) groups is 1. The lowest BCUT2D eigenvalue weighted by atomic mass is 10.2. The molecule has 2 aromatic rings. The molecule has 0 aliphatic carbocycles. The molecule has 28 heavy (non-hydrogen) atoms. The molecule has 1 amide bonds. The van der Waals surface area contributed by atoms with Crippen molar-refractivity contribution in [3.63, 3.8) is 0 Å². The van der Waals surface area contributed by atoms with Gasteiger partial charge in [0.2, 0.25) is 11.8 Å². The van der Waals surface area contributed by atoms with E-state index in [0.29, 0.717) is 37.1 Å². The average molecular weight is 389 g/mol. The van der Waals surface area contributed by atoms with Crippen LogP contribution in [0.1, 0.15) is 25.3 Å². The summed E-state index contributed by atoms with van der Waals surface area (Å²) in [6, 6.07) is 7.48. The Morgan fingerprint density at radius 3 is 2.75 bits per heavy atom. The summed E-state index contributed by atoms with van der Waals surface area (Å²) in [5, 5.41) is 2.86. The second-order valence-corrected chi connectivity index (χ2v) is 6.42. The van der Waals surface area contributed by atoms with Crippen LogP contribution in [-0.4, -0.2) is 62.3 Å². The maximum absolute atomic E-state index is 12.2. The fourth-order valence-corrected chi connectivity index (χ4v) is 2.78. The molecule has 7 nitrogen and oxygen atoms in total. The van der Waals surface area contributed by atoms with Gasteiger partial charge in [0, 0.05) is 18.7 Å². The zero-order valence-corrected chi connectivity index (χ0v) is 17.3. The molecule has 1 N–H and O–H groups in total. The van der Waals surface area contributed by atoms with Crippen LogP contribution in [0.4, 0.5) is 0 Å². The van der Waals surface area contributed by atoms with Gasteiger partial charge in [-0.25, -0.2) is 4.98 Å². The molecule has 0 spiro atoms. The van der Waals surface area contributed by atoms with Crippen molar-refractivity contribution in [3.8, 4) is 17.2 Å². The second kappa shape index (κ2) is 11.5. The number of methoxy groups -OCH3 is 1. The maximum atomic E-state index is 12.2. The minimum absolute atomic E-state index is 0.0964. The van der Waals surface area contributed by atoms with Gasteiger partial charge in [-0.05, 0) is 38.2 Å². The van der Waals surface area contributed by atoms with Crippen LogP contribution in [0.25, 0.3) is 11.5 Å². The van der Waals surface area contributed by atoms with Crippen LogP contribution < -0.4 is 10.1 Å². The van der Waals surface area contributed by atoms with E-state index >= 15 is 0 Å². The number of hydrogen-bond donors (Lipinski definition) is 1. The normalized spacial score (nSPS) is 11.0. The van der Waals surface area contributed by atoms with Gasteiger partial charge in [-0.2, -0.15) is 0 Å². The quantitative estimate of drug-likeness (QED) is 0.563. The van der Waals surface area contributed by atoms with Crippen molar-refractivity contribution in [2.75, 3.05) is 46.5 Å². The van der Waals surface area contributed by atoms with Crippen molar-refractivity contribution >= 4 is 5.91 Å². The molecular weight excluding hydrogens is 358 g/mol. The molecule has 0 saturated carbocycles. The van der Waals surface area contributed by atoms with E-state index in [-0.39, 0.29) is 12.3 Å². The molecule has 0 bridgehead atoms. The summed E-state index contributed by atoms with van der Waals surface area (Å²) in [7, 11) is 1.61. The van der Waals surface area contributed by atoms with Crippen molar-refractivity contribution in [1.29, 1.82) is 0 Å². The van der Waals surface area contributed by atoms with Gasteiger partial charge in [0.05, 0.1) is 32.4 Å². The highest BCUT2D eigenvalue weighted by Gasteiger charge is 2.15. The van der Waals surface area contributed by atoms with Crippen LogP contribution in [0.3, 0.4) is 0 Å². The molecule has 0 radical (unpaired) electrons. The maximum Gasteiger partial charge on any atom is 0.226 e. The highest BCUT2D eigenvalue weighted by molar-refractivity contribution is 5.78.